The molecule has 2 aromatic carbocycles. The van der Waals surface area contributed by atoms with Crippen molar-refractivity contribution in [1.29, 1.82) is 0 Å². The number of amides is 2. The topological polar surface area (TPSA) is 49.9 Å². The van der Waals surface area contributed by atoms with Crippen molar-refractivity contribution in [2.45, 2.75) is 49.9 Å². The van der Waals surface area contributed by atoms with Crippen molar-refractivity contribution in [2.24, 2.45) is 0 Å². The molecule has 1 atom stereocenters. The highest BCUT2D eigenvalue weighted by Crippen LogP contribution is 2.52. The van der Waals surface area contributed by atoms with Gasteiger partial charge in [-0.3, -0.25) is 9.59 Å². The normalized spacial score (nSPS) is 21.6. The summed E-state index contributed by atoms with van der Waals surface area (Å²) in [7, 11) is 0. The molecular formula is C27H32N2O3. The summed E-state index contributed by atoms with van der Waals surface area (Å²) >= 11 is 0. The number of rotatable bonds is 5. The molecule has 0 bridgehead atoms. The molecule has 0 radical (unpaired) electrons. The molecule has 2 aromatic rings. The Morgan fingerprint density at radius 3 is 2.25 bits per heavy atom. The highest BCUT2D eigenvalue weighted by Gasteiger charge is 2.46. The lowest BCUT2D eigenvalue weighted by Gasteiger charge is -2.40. The Morgan fingerprint density at radius 1 is 0.844 bits per heavy atom. The number of benzene rings is 2. The molecular weight excluding hydrogens is 400 g/mol. The molecule has 32 heavy (non-hydrogen) atoms. The van der Waals surface area contributed by atoms with E-state index >= 15 is 0 Å². The number of fused-ring (bicyclic) bond motifs is 2. The van der Waals surface area contributed by atoms with Crippen molar-refractivity contribution in [2.75, 3.05) is 32.8 Å². The first-order valence-electron chi connectivity index (χ1n) is 12.0. The summed E-state index contributed by atoms with van der Waals surface area (Å²) in [6.45, 7) is 3.41. The van der Waals surface area contributed by atoms with Crippen molar-refractivity contribution in [1.82, 2.24) is 9.80 Å². The Labute approximate surface area is 190 Å². The SMILES string of the molecule is O=C(COc1ccccc1)N1CCC2(CC1)C[C@@H](CC(=O)N1CCCC1)c1ccccc12. The lowest BCUT2D eigenvalue weighted by molar-refractivity contribution is -0.135. The highest BCUT2D eigenvalue weighted by atomic mass is 16.5. The van der Waals surface area contributed by atoms with Gasteiger partial charge in [-0.15, -0.1) is 0 Å². The quantitative estimate of drug-likeness (QED) is 0.714. The standard InChI is InChI=1S/C27H32N2O3/c30-25(28-14-6-7-15-28)18-21-19-27(24-11-5-4-10-23(21)24)12-16-29(17-13-27)26(31)20-32-22-8-2-1-3-9-22/h1-5,8-11,21H,6-7,12-20H2/t21-/m1/s1. The van der Waals surface area contributed by atoms with Crippen LogP contribution in [0.5, 0.6) is 5.75 Å². The fourth-order valence-corrected chi connectivity index (χ4v) is 5.93. The maximum atomic E-state index is 12.9. The first kappa shape index (κ1) is 21.0. The molecule has 3 aliphatic rings. The molecule has 5 rings (SSSR count). The van der Waals surface area contributed by atoms with Gasteiger partial charge in [-0.05, 0) is 66.7 Å². The smallest absolute Gasteiger partial charge is 0.260 e. The third-order valence-electron chi connectivity index (χ3n) is 7.67. The summed E-state index contributed by atoms with van der Waals surface area (Å²) in [6, 6.07) is 18.2. The number of piperidine rings is 1. The second kappa shape index (κ2) is 8.97. The molecule has 2 saturated heterocycles. The van der Waals surface area contributed by atoms with E-state index in [4.69, 9.17) is 4.74 Å². The molecule has 2 heterocycles. The molecule has 0 aromatic heterocycles. The van der Waals surface area contributed by atoms with Crippen LogP contribution in [-0.4, -0.2) is 54.4 Å². The predicted octanol–water partition coefficient (Wildman–Crippen LogP) is 4.13. The van der Waals surface area contributed by atoms with E-state index in [2.05, 4.69) is 24.3 Å². The van der Waals surface area contributed by atoms with Crippen molar-refractivity contribution in [3.63, 3.8) is 0 Å². The number of carbonyl (C=O) groups is 2. The zero-order valence-electron chi connectivity index (χ0n) is 18.7. The summed E-state index contributed by atoms with van der Waals surface area (Å²) < 4.78 is 5.67. The van der Waals surface area contributed by atoms with Crippen LogP contribution < -0.4 is 4.74 Å². The molecule has 5 nitrogen and oxygen atoms in total. The lowest BCUT2D eigenvalue weighted by Crippen LogP contribution is -2.46. The molecule has 1 aliphatic carbocycles. The Morgan fingerprint density at radius 2 is 1.50 bits per heavy atom. The number of ether oxygens (including phenoxy) is 1. The van der Waals surface area contributed by atoms with Crippen LogP contribution in [0.15, 0.2) is 54.6 Å². The highest BCUT2D eigenvalue weighted by molar-refractivity contribution is 5.78. The second-order valence-corrected chi connectivity index (χ2v) is 9.54. The predicted molar refractivity (Wildman–Crippen MR) is 124 cm³/mol. The maximum absolute atomic E-state index is 12.9. The zero-order valence-corrected chi connectivity index (χ0v) is 18.7. The van der Waals surface area contributed by atoms with Gasteiger partial charge < -0.3 is 14.5 Å². The van der Waals surface area contributed by atoms with Crippen LogP contribution in [-0.2, 0) is 15.0 Å². The van der Waals surface area contributed by atoms with Crippen LogP contribution in [0, 0.1) is 0 Å². The van der Waals surface area contributed by atoms with Gasteiger partial charge in [0.25, 0.3) is 5.91 Å². The minimum absolute atomic E-state index is 0.0516. The van der Waals surface area contributed by atoms with Gasteiger partial charge in [0.1, 0.15) is 5.75 Å². The maximum Gasteiger partial charge on any atom is 0.260 e. The average Bonchev–Trinajstić information content (AvgIpc) is 3.47. The number of para-hydroxylation sites is 1. The Bertz CT molecular complexity index is 960. The van der Waals surface area contributed by atoms with Crippen LogP contribution in [0.1, 0.15) is 55.6 Å². The molecule has 5 heteroatoms. The van der Waals surface area contributed by atoms with Crippen LogP contribution in [0.4, 0.5) is 0 Å². The number of carbonyl (C=O) groups excluding carboxylic acids is 2. The fraction of sp³-hybridized carbons (Fsp3) is 0.481. The number of hydrogen-bond acceptors (Lipinski definition) is 3. The Balaban J connectivity index is 1.23. The van der Waals surface area contributed by atoms with E-state index in [1.54, 1.807) is 0 Å². The summed E-state index contributed by atoms with van der Waals surface area (Å²) in [6.07, 6.45) is 5.81. The largest absolute Gasteiger partial charge is 0.484 e. The van der Waals surface area contributed by atoms with E-state index in [0.29, 0.717) is 18.2 Å². The third-order valence-corrected chi connectivity index (χ3v) is 7.67. The third kappa shape index (κ3) is 4.13. The van der Waals surface area contributed by atoms with Crippen LogP contribution in [0.2, 0.25) is 0 Å². The molecule has 2 aliphatic heterocycles. The fourth-order valence-electron chi connectivity index (χ4n) is 5.93. The number of likely N-dealkylation sites (tertiary alicyclic amines) is 2. The molecule has 1 spiro atoms. The number of nitrogens with zero attached hydrogens (tertiary/aromatic N) is 2. The van der Waals surface area contributed by atoms with Gasteiger partial charge in [0.2, 0.25) is 5.91 Å². The Hall–Kier alpha value is -2.82. The molecule has 0 saturated carbocycles. The van der Waals surface area contributed by atoms with Gasteiger partial charge in [0.15, 0.2) is 6.61 Å². The first-order chi connectivity index (χ1) is 15.6. The number of hydrogen-bond donors (Lipinski definition) is 0. The molecule has 168 valence electrons. The second-order valence-electron chi connectivity index (χ2n) is 9.54. The van der Waals surface area contributed by atoms with Crippen molar-refractivity contribution in [3.8, 4) is 5.75 Å². The molecule has 0 unspecified atom stereocenters. The van der Waals surface area contributed by atoms with E-state index in [-0.39, 0.29) is 17.9 Å². The van der Waals surface area contributed by atoms with E-state index in [1.165, 1.54) is 11.1 Å². The van der Waals surface area contributed by atoms with Crippen molar-refractivity contribution in [3.05, 3.63) is 65.7 Å². The molecule has 2 amide bonds. The molecule has 0 N–H and O–H groups in total. The Kier molecular flexibility index (Phi) is 5.90. The van der Waals surface area contributed by atoms with Crippen molar-refractivity contribution < 1.29 is 14.3 Å². The van der Waals surface area contributed by atoms with Gasteiger partial charge in [-0.25, -0.2) is 0 Å². The van der Waals surface area contributed by atoms with E-state index in [1.807, 2.05) is 40.1 Å². The van der Waals surface area contributed by atoms with E-state index in [9.17, 15) is 9.59 Å². The van der Waals surface area contributed by atoms with Gasteiger partial charge in [-0.2, -0.15) is 0 Å². The van der Waals surface area contributed by atoms with Crippen molar-refractivity contribution >= 4 is 11.8 Å². The summed E-state index contributed by atoms with van der Waals surface area (Å²) in [5, 5.41) is 0. The lowest BCUT2D eigenvalue weighted by atomic mass is 9.73. The van der Waals surface area contributed by atoms with Gasteiger partial charge in [0.05, 0.1) is 0 Å². The van der Waals surface area contributed by atoms with E-state index < -0.39 is 0 Å². The summed E-state index contributed by atoms with van der Waals surface area (Å²) in [5.41, 5.74) is 2.85. The van der Waals surface area contributed by atoms with Gasteiger partial charge in [0, 0.05) is 32.6 Å². The average molecular weight is 433 g/mol. The minimum atomic E-state index is 0.0516. The van der Waals surface area contributed by atoms with Gasteiger partial charge in [-0.1, -0.05) is 42.5 Å². The first-order valence-corrected chi connectivity index (χ1v) is 12.0. The molecule has 2 fully saturated rings. The summed E-state index contributed by atoms with van der Waals surface area (Å²) in [5.74, 6) is 1.38. The van der Waals surface area contributed by atoms with Crippen LogP contribution >= 0.6 is 0 Å². The zero-order chi connectivity index (χ0) is 22.0. The minimum Gasteiger partial charge on any atom is -0.484 e. The van der Waals surface area contributed by atoms with Crippen LogP contribution in [0.25, 0.3) is 0 Å². The van der Waals surface area contributed by atoms with Gasteiger partial charge >= 0.3 is 0 Å². The monoisotopic (exact) mass is 432 g/mol. The van der Waals surface area contributed by atoms with Crippen LogP contribution in [0.3, 0.4) is 0 Å². The van der Waals surface area contributed by atoms with E-state index in [0.717, 1.165) is 64.0 Å². The summed E-state index contributed by atoms with van der Waals surface area (Å²) in [4.78, 5) is 29.6.